The second kappa shape index (κ2) is 8.19. The maximum Gasteiger partial charge on any atom is 0.339 e. The van der Waals surface area contributed by atoms with Gasteiger partial charge in [0.1, 0.15) is 11.9 Å². The number of ether oxygens (including phenoxy) is 2. The van der Waals surface area contributed by atoms with Crippen LogP contribution in [0.5, 0.6) is 5.75 Å². The maximum atomic E-state index is 13.2. The van der Waals surface area contributed by atoms with Gasteiger partial charge in [0.05, 0.1) is 12.7 Å². The summed E-state index contributed by atoms with van der Waals surface area (Å²) < 4.78 is 11.3. The van der Waals surface area contributed by atoms with E-state index in [1.807, 2.05) is 60.7 Å². The lowest BCUT2D eigenvalue weighted by Gasteiger charge is -2.35. The zero-order valence-electron chi connectivity index (χ0n) is 16.5. The fraction of sp³-hybridized carbons (Fsp3) is 0.375. The average molecular weight is 377 g/mol. The van der Waals surface area contributed by atoms with Gasteiger partial charge < -0.3 is 14.4 Å². The number of hydrogen-bond donors (Lipinski definition) is 0. The number of methoxy groups -OCH3 is 1. The van der Waals surface area contributed by atoms with Crippen molar-refractivity contribution in [2.75, 3.05) is 14.2 Å². The summed E-state index contributed by atoms with van der Waals surface area (Å²) in [7, 11) is 3.83. The third kappa shape index (κ3) is 3.97. The molecule has 0 aromatic heterocycles. The Morgan fingerprint density at radius 1 is 1.00 bits per heavy atom. The van der Waals surface area contributed by atoms with Crippen LogP contribution in [0.15, 0.2) is 54.6 Å². The van der Waals surface area contributed by atoms with E-state index in [2.05, 4.69) is 11.9 Å². The number of nitrogens with zero attached hydrogens (tertiary/aromatic N) is 1. The first-order valence-electron chi connectivity index (χ1n) is 9.98. The fourth-order valence-electron chi connectivity index (χ4n) is 4.42. The number of esters is 1. The normalized spacial score (nSPS) is 24.8. The van der Waals surface area contributed by atoms with Crippen LogP contribution in [-0.2, 0) is 9.53 Å². The number of piperidine rings is 1. The van der Waals surface area contributed by atoms with Crippen molar-refractivity contribution in [1.29, 1.82) is 0 Å². The Morgan fingerprint density at radius 2 is 1.64 bits per heavy atom. The summed E-state index contributed by atoms with van der Waals surface area (Å²) in [5.74, 6) is 0.519. The molecule has 0 aliphatic carbocycles. The second-order valence-electron chi connectivity index (χ2n) is 7.75. The molecule has 0 amide bonds. The zero-order valence-corrected chi connectivity index (χ0v) is 16.5. The smallest absolute Gasteiger partial charge is 0.339 e. The molecule has 0 saturated carbocycles. The van der Waals surface area contributed by atoms with Gasteiger partial charge in [0, 0.05) is 24.9 Å². The number of fused-ring (bicyclic) bond motifs is 2. The molecule has 2 aromatic rings. The molecule has 146 valence electrons. The van der Waals surface area contributed by atoms with Crippen LogP contribution in [0.2, 0.25) is 0 Å². The highest BCUT2D eigenvalue weighted by molar-refractivity contribution is 6.21. The summed E-state index contributed by atoms with van der Waals surface area (Å²) in [5, 5.41) is 0. The molecule has 4 rings (SSSR count). The van der Waals surface area contributed by atoms with Crippen LogP contribution >= 0.6 is 0 Å². The van der Waals surface area contributed by atoms with Crippen LogP contribution in [0, 0.1) is 0 Å². The quantitative estimate of drug-likeness (QED) is 0.440. The molecular weight excluding hydrogens is 350 g/mol. The lowest BCUT2D eigenvalue weighted by molar-refractivity contribution is -0.144. The highest BCUT2D eigenvalue weighted by Gasteiger charge is 2.40. The van der Waals surface area contributed by atoms with Gasteiger partial charge in [0.25, 0.3) is 0 Å². The van der Waals surface area contributed by atoms with E-state index in [9.17, 15) is 4.79 Å². The lowest BCUT2D eigenvalue weighted by atomic mass is 9.99. The largest absolute Gasteiger partial charge is 0.497 e. The lowest BCUT2D eigenvalue weighted by Crippen LogP contribution is -2.43. The van der Waals surface area contributed by atoms with Crippen LogP contribution < -0.4 is 4.74 Å². The molecule has 2 heterocycles. The Hall–Kier alpha value is -2.59. The first-order chi connectivity index (χ1) is 13.6. The van der Waals surface area contributed by atoms with Gasteiger partial charge in [-0.3, -0.25) is 0 Å². The van der Waals surface area contributed by atoms with Gasteiger partial charge in [-0.15, -0.1) is 0 Å². The van der Waals surface area contributed by atoms with Crippen molar-refractivity contribution in [3.63, 3.8) is 0 Å². The first kappa shape index (κ1) is 18.8. The summed E-state index contributed by atoms with van der Waals surface area (Å²) in [4.78, 5) is 15.6. The summed E-state index contributed by atoms with van der Waals surface area (Å²) in [6.07, 6.45) is 6.19. The van der Waals surface area contributed by atoms with Crippen molar-refractivity contribution < 1.29 is 14.3 Å². The standard InChI is InChI=1S/C24H27NO3/c1-25-19-10-11-20(25)16-22(15-19)28-24(26)23(14-17-6-4-3-5-7-17)18-8-12-21(27-2)13-9-18/h3-9,12-14,19-20,22H,10-11,15-16H2,1-2H3/b23-14+. The van der Waals surface area contributed by atoms with E-state index >= 15 is 0 Å². The van der Waals surface area contributed by atoms with E-state index in [-0.39, 0.29) is 12.1 Å². The predicted molar refractivity (Wildman–Crippen MR) is 111 cm³/mol. The van der Waals surface area contributed by atoms with Crippen molar-refractivity contribution in [3.8, 4) is 5.75 Å². The van der Waals surface area contributed by atoms with Gasteiger partial charge in [-0.1, -0.05) is 42.5 Å². The van der Waals surface area contributed by atoms with Gasteiger partial charge in [0.15, 0.2) is 0 Å². The molecule has 0 spiro atoms. The van der Waals surface area contributed by atoms with Gasteiger partial charge in [-0.25, -0.2) is 4.79 Å². The average Bonchev–Trinajstić information content (AvgIpc) is 2.93. The second-order valence-corrected chi connectivity index (χ2v) is 7.75. The summed E-state index contributed by atoms with van der Waals surface area (Å²) in [6, 6.07) is 18.5. The minimum absolute atomic E-state index is 0.00128. The molecule has 4 heteroatoms. The van der Waals surface area contributed by atoms with E-state index < -0.39 is 0 Å². The summed E-state index contributed by atoms with van der Waals surface area (Å²) in [5.41, 5.74) is 2.40. The Morgan fingerprint density at radius 3 is 2.25 bits per heavy atom. The van der Waals surface area contributed by atoms with Gasteiger partial charge in [-0.2, -0.15) is 0 Å². The van der Waals surface area contributed by atoms with Crippen LogP contribution in [0.4, 0.5) is 0 Å². The Bertz CT molecular complexity index is 830. The Kier molecular flexibility index (Phi) is 5.49. The molecule has 2 unspecified atom stereocenters. The molecule has 2 aliphatic heterocycles. The number of carbonyl (C=O) groups is 1. The molecule has 2 aliphatic rings. The van der Waals surface area contributed by atoms with E-state index in [0.717, 1.165) is 29.7 Å². The molecule has 2 atom stereocenters. The van der Waals surface area contributed by atoms with Crippen molar-refractivity contribution in [3.05, 3.63) is 65.7 Å². The minimum atomic E-state index is -0.247. The minimum Gasteiger partial charge on any atom is -0.497 e. The van der Waals surface area contributed by atoms with E-state index in [0.29, 0.717) is 17.7 Å². The summed E-state index contributed by atoms with van der Waals surface area (Å²) >= 11 is 0. The predicted octanol–water partition coefficient (Wildman–Crippen LogP) is 4.40. The summed E-state index contributed by atoms with van der Waals surface area (Å²) in [6.45, 7) is 0. The third-order valence-electron chi connectivity index (χ3n) is 6.06. The molecule has 0 radical (unpaired) electrons. The third-order valence-corrected chi connectivity index (χ3v) is 6.06. The van der Waals surface area contributed by atoms with Crippen molar-refractivity contribution >= 4 is 17.6 Å². The molecule has 2 bridgehead atoms. The zero-order chi connectivity index (χ0) is 19.5. The van der Waals surface area contributed by atoms with Gasteiger partial charge in [-0.05, 0) is 49.2 Å². The van der Waals surface area contributed by atoms with Gasteiger partial charge in [0.2, 0.25) is 0 Å². The Balaban J connectivity index is 1.57. The van der Waals surface area contributed by atoms with Crippen LogP contribution in [-0.4, -0.2) is 43.2 Å². The number of hydrogen-bond acceptors (Lipinski definition) is 4. The SMILES string of the molecule is COc1ccc(/C(=C\c2ccccc2)C(=O)OC2CC3CCC(C2)N3C)cc1. The number of carbonyl (C=O) groups excluding carboxylic acids is 1. The molecule has 2 saturated heterocycles. The first-order valence-corrected chi connectivity index (χ1v) is 9.98. The highest BCUT2D eigenvalue weighted by Crippen LogP contribution is 2.36. The molecule has 2 aromatic carbocycles. The van der Waals surface area contributed by atoms with Crippen LogP contribution in [0.3, 0.4) is 0 Å². The topological polar surface area (TPSA) is 38.8 Å². The molecule has 28 heavy (non-hydrogen) atoms. The van der Waals surface area contributed by atoms with E-state index in [1.165, 1.54) is 12.8 Å². The monoisotopic (exact) mass is 377 g/mol. The number of rotatable bonds is 5. The molecular formula is C24H27NO3. The maximum absolute atomic E-state index is 13.2. The molecule has 2 fully saturated rings. The highest BCUT2D eigenvalue weighted by atomic mass is 16.5. The number of benzene rings is 2. The Labute approximate surface area is 166 Å². The molecule has 0 N–H and O–H groups in total. The van der Waals surface area contributed by atoms with Crippen LogP contribution in [0.25, 0.3) is 11.6 Å². The fourth-order valence-corrected chi connectivity index (χ4v) is 4.42. The van der Waals surface area contributed by atoms with Crippen molar-refractivity contribution in [2.45, 2.75) is 43.9 Å². The van der Waals surface area contributed by atoms with Crippen molar-refractivity contribution in [1.82, 2.24) is 4.90 Å². The van der Waals surface area contributed by atoms with E-state index in [4.69, 9.17) is 9.47 Å². The van der Waals surface area contributed by atoms with Crippen molar-refractivity contribution in [2.24, 2.45) is 0 Å². The molecule has 4 nitrogen and oxygen atoms in total. The van der Waals surface area contributed by atoms with E-state index in [1.54, 1.807) is 7.11 Å². The van der Waals surface area contributed by atoms with Gasteiger partial charge >= 0.3 is 5.97 Å². The van der Waals surface area contributed by atoms with Crippen LogP contribution in [0.1, 0.15) is 36.8 Å².